The molecule has 1 amide bonds. The Hall–Kier alpha value is -2.52. The van der Waals surface area contributed by atoms with E-state index in [1.54, 1.807) is 18.2 Å². The van der Waals surface area contributed by atoms with Gasteiger partial charge in [-0.25, -0.2) is 13.8 Å². The molecule has 1 aromatic carbocycles. The average Bonchev–Trinajstić information content (AvgIpc) is 3.05. The molecule has 1 aromatic heterocycles. The van der Waals surface area contributed by atoms with Gasteiger partial charge in [-0.3, -0.25) is 9.10 Å². The topological polar surface area (TPSA) is 101 Å². The zero-order chi connectivity index (χ0) is 18.4. The van der Waals surface area contributed by atoms with Crippen LogP contribution in [-0.2, 0) is 14.8 Å². The number of nitrogens with zero attached hydrogens (tertiary/aromatic N) is 2. The minimum Gasteiger partial charge on any atom is -0.495 e. The Morgan fingerprint density at radius 2 is 2.20 bits per heavy atom. The van der Waals surface area contributed by atoms with E-state index in [0.29, 0.717) is 10.8 Å². The smallest absolute Gasteiger partial charge is 0.260 e. The largest absolute Gasteiger partial charge is 0.495 e. The van der Waals surface area contributed by atoms with Crippen LogP contribution in [-0.4, -0.2) is 40.4 Å². The van der Waals surface area contributed by atoms with Crippen molar-refractivity contribution in [2.75, 3.05) is 24.2 Å². The quantitative estimate of drug-likeness (QED) is 0.579. The lowest BCUT2D eigenvalue weighted by Gasteiger charge is -2.23. The van der Waals surface area contributed by atoms with E-state index in [-0.39, 0.29) is 11.4 Å². The van der Waals surface area contributed by atoms with Crippen LogP contribution in [0.25, 0.3) is 0 Å². The Bertz CT molecular complexity index is 865. The maximum absolute atomic E-state index is 12.1. The summed E-state index contributed by atoms with van der Waals surface area (Å²) in [6.07, 6.45) is 3.73. The summed E-state index contributed by atoms with van der Waals surface area (Å²) < 4.78 is 35.3. The Morgan fingerprint density at radius 3 is 2.80 bits per heavy atom. The molecule has 2 aromatic rings. The third-order valence-electron chi connectivity index (χ3n) is 3.02. The number of sulfonamides is 1. The number of furan rings is 1. The van der Waals surface area contributed by atoms with E-state index in [9.17, 15) is 13.2 Å². The van der Waals surface area contributed by atoms with Crippen LogP contribution in [0.2, 0.25) is 5.02 Å². The maximum Gasteiger partial charge on any atom is 0.260 e. The van der Waals surface area contributed by atoms with Crippen molar-refractivity contribution in [3.63, 3.8) is 0 Å². The van der Waals surface area contributed by atoms with E-state index in [1.807, 2.05) is 0 Å². The number of nitrogens with one attached hydrogen (secondary N) is 1. The molecule has 134 valence electrons. The second-order valence-corrected chi connectivity index (χ2v) is 7.24. The molecule has 1 N–H and O–H groups in total. The molecule has 8 nitrogen and oxygen atoms in total. The number of hydrazone groups is 1. The van der Waals surface area contributed by atoms with Crippen molar-refractivity contribution in [1.82, 2.24) is 5.43 Å². The van der Waals surface area contributed by atoms with E-state index >= 15 is 0 Å². The fourth-order valence-electron chi connectivity index (χ4n) is 1.94. The minimum atomic E-state index is -3.77. The first-order valence-corrected chi connectivity index (χ1v) is 9.20. The van der Waals surface area contributed by atoms with E-state index in [0.717, 1.165) is 10.6 Å². The van der Waals surface area contributed by atoms with Crippen molar-refractivity contribution in [2.24, 2.45) is 5.10 Å². The Morgan fingerprint density at radius 1 is 1.44 bits per heavy atom. The number of hydrogen-bond acceptors (Lipinski definition) is 6. The molecule has 0 saturated heterocycles. The number of methoxy groups -OCH3 is 1. The molecule has 0 aliphatic carbocycles. The lowest BCUT2D eigenvalue weighted by atomic mass is 10.3. The van der Waals surface area contributed by atoms with E-state index in [2.05, 4.69) is 10.5 Å². The van der Waals surface area contributed by atoms with Crippen LogP contribution in [0.4, 0.5) is 5.69 Å². The van der Waals surface area contributed by atoms with E-state index < -0.39 is 22.5 Å². The number of hydrogen-bond donors (Lipinski definition) is 1. The second kappa shape index (κ2) is 8.04. The highest BCUT2D eigenvalue weighted by atomic mass is 35.5. The molecule has 0 bridgehead atoms. The highest BCUT2D eigenvalue weighted by Gasteiger charge is 2.24. The zero-order valence-corrected chi connectivity index (χ0v) is 15.0. The summed E-state index contributed by atoms with van der Waals surface area (Å²) in [5.74, 6) is 0.0637. The van der Waals surface area contributed by atoms with Crippen LogP contribution >= 0.6 is 11.6 Å². The zero-order valence-electron chi connectivity index (χ0n) is 13.5. The summed E-state index contributed by atoms with van der Waals surface area (Å²) in [4.78, 5) is 12.1. The molecule has 0 atom stereocenters. The van der Waals surface area contributed by atoms with Gasteiger partial charge in [-0.1, -0.05) is 11.6 Å². The predicted octanol–water partition coefficient (Wildman–Crippen LogP) is 1.86. The van der Waals surface area contributed by atoms with Gasteiger partial charge < -0.3 is 9.15 Å². The molecule has 0 aliphatic heterocycles. The number of ether oxygens (including phenoxy) is 1. The van der Waals surface area contributed by atoms with Crippen molar-refractivity contribution in [3.05, 3.63) is 47.4 Å². The van der Waals surface area contributed by atoms with Crippen molar-refractivity contribution in [3.8, 4) is 5.75 Å². The van der Waals surface area contributed by atoms with Crippen LogP contribution in [0.15, 0.2) is 46.1 Å². The fraction of sp³-hybridized carbons (Fsp3) is 0.200. The van der Waals surface area contributed by atoms with Gasteiger partial charge in [-0.2, -0.15) is 5.10 Å². The standard InChI is InChI=1S/C15H16ClN3O5S/c1-23-14-6-5-11(16)8-13(14)19(25(2,21)22)10-15(20)18-17-9-12-4-3-7-24-12/h3-9H,10H2,1-2H3,(H,18,20)/b17-9-. The van der Waals surface area contributed by atoms with Gasteiger partial charge >= 0.3 is 0 Å². The number of rotatable bonds is 7. The van der Waals surface area contributed by atoms with Gasteiger partial charge in [0.1, 0.15) is 18.1 Å². The first kappa shape index (κ1) is 18.8. The van der Waals surface area contributed by atoms with Gasteiger partial charge in [0, 0.05) is 5.02 Å². The van der Waals surface area contributed by atoms with Crippen LogP contribution in [0.5, 0.6) is 5.75 Å². The monoisotopic (exact) mass is 385 g/mol. The first-order valence-electron chi connectivity index (χ1n) is 6.98. The number of amides is 1. The van der Waals surface area contributed by atoms with Gasteiger partial charge in [0.15, 0.2) is 0 Å². The van der Waals surface area contributed by atoms with Crippen LogP contribution < -0.4 is 14.5 Å². The molecule has 0 spiro atoms. The molecule has 0 unspecified atom stereocenters. The molecule has 0 saturated carbocycles. The van der Waals surface area contributed by atoms with Crippen LogP contribution in [0.3, 0.4) is 0 Å². The summed E-state index contributed by atoms with van der Waals surface area (Å²) >= 11 is 5.93. The van der Waals surface area contributed by atoms with Gasteiger partial charge in [0.25, 0.3) is 5.91 Å². The molecule has 1 heterocycles. The van der Waals surface area contributed by atoms with Crippen molar-refractivity contribution in [2.45, 2.75) is 0 Å². The highest BCUT2D eigenvalue weighted by molar-refractivity contribution is 7.92. The lowest BCUT2D eigenvalue weighted by Crippen LogP contribution is -2.39. The highest BCUT2D eigenvalue weighted by Crippen LogP contribution is 2.32. The third-order valence-corrected chi connectivity index (χ3v) is 4.38. The number of benzene rings is 1. The molecule has 0 radical (unpaired) electrons. The Labute approximate surface area is 150 Å². The van der Waals surface area contributed by atoms with E-state index in [4.69, 9.17) is 20.8 Å². The van der Waals surface area contributed by atoms with Crippen molar-refractivity contribution >= 4 is 39.4 Å². The maximum atomic E-state index is 12.1. The average molecular weight is 386 g/mol. The lowest BCUT2D eigenvalue weighted by molar-refractivity contribution is -0.119. The van der Waals surface area contributed by atoms with Crippen molar-refractivity contribution in [1.29, 1.82) is 0 Å². The second-order valence-electron chi connectivity index (χ2n) is 4.89. The number of carbonyl (C=O) groups is 1. The van der Waals surface area contributed by atoms with Gasteiger partial charge in [-0.05, 0) is 30.3 Å². The van der Waals surface area contributed by atoms with Crippen LogP contribution in [0, 0.1) is 0 Å². The Balaban J connectivity index is 2.19. The van der Waals surface area contributed by atoms with Gasteiger partial charge in [0.2, 0.25) is 10.0 Å². The minimum absolute atomic E-state index is 0.155. The number of anilines is 1. The molecule has 0 aliphatic rings. The molecule has 25 heavy (non-hydrogen) atoms. The molecule has 10 heteroatoms. The third kappa shape index (κ3) is 5.23. The fourth-order valence-corrected chi connectivity index (χ4v) is 2.96. The van der Waals surface area contributed by atoms with E-state index in [1.165, 1.54) is 31.7 Å². The summed E-state index contributed by atoms with van der Waals surface area (Å²) in [5.41, 5.74) is 2.39. The van der Waals surface area contributed by atoms with Gasteiger partial charge in [-0.15, -0.1) is 0 Å². The first-order chi connectivity index (χ1) is 11.8. The molecular formula is C15H16ClN3O5S. The summed E-state index contributed by atoms with van der Waals surface area (Å²) in [7, 11) is -2.38. The van der Waals surface area contributed by atoms with Crippen LogP contribution in [0.1, 0.15) is 5.76 Å². The summed E-state index contributed by atoms with van der Waals surface area (Å²) in [5, 5.41) is 4.01. The molecular weight excluding hydrogens is 370 g/mol. The normalized spacial score (nSPS) is 11.5. The summed E-state index contributed by atoms with van der Waals surface area (Å²) in [6, 6.07) is 7.79. The SMILES string of the molecule is COc1ccc(Cl)cc1N(CC(=O)N/N=C\c1ccco1)S(C)(=O)=O. The molecule has 2 rings (SSSR count). The number of carbonyl (C=O) groups excluding carboxylic acids is 1. The Kier molecular flexibility index (Phi) is 6.05. The predicted molar refractivity (Wildman–Crippen MR) is 94.6 cm³/mol. The molecule has 0 fully saturated rings. The summed E-state index contributed by atoms with van der Waals surface area (Å²) in [6.45, 7) is -0.495. The van der Waals surface area contributed by atoms with Gasteiger partial charge in [0.05, 0.1) is 31.5 Å². The van der Waals surface area contributed by atoms with Crippen molar-refractivity contribution < 1.29 is 22.4 Å². The number of halogens is 1.